The number of hydrogen-bond acceptors (Lipinski definition) is 2. The topological polar surface area (TPSA) is 50.2 Å². The van der Waals surface area contributed by atoms with Gasteiger partial charge in [0.15, 0.2) is 11.1 Å². The van der Waals surface area contributed by atoms with Gasteiger partial charge in [0.05, 0.1) is 21.1 Å². The Kier molecular flexibility index (Phi) is 3.76. The Morgan fingerprint density at radius 2 is 1.81 bits per heavy atom. The number of aryl methyl sites for hydroxylation is 1. The fourth-order valence-corrected chi connectivity index (χ4v) is 2.80. The number of benzene rings is 2. The lowest BCUT2D eigenvalue weighted by atomic mass is 10.1. The van der Waals surface area contributed by atoms with E-state index in [1.165, 1.54) is 5.56 Å². The van der Waals surface area contributed by atoms with Crippen LogP contribution >= 0.6 is 11.6 Å². The Hall–Kier alpha value is -1.75. The van der Waals surface area contributed by atoms with Crippen molar-refractivity contribution in [2.24, 2.45) is 0 Å². The van der Waals surface area contributed by atoms with Crippen LogP contribution < -0.4 is 0 Å². The van der Waals surface area contributed by atoms with E-state index in [4.69, 9.17) is 16.2 Å². The Labute approximate surface area is 129 Å². The number of halogens is 1. The van der Waals surface area contributed by atoms with Crippen LogP contribution in [0, 0.1) is 6.92 Å². The van der Waals surface area contributed by atoms with Crippen LogP contribution in [0.25, 0.3) is 22.2 Å². The quantitative estimate of drug-likeness (QED) is 0.711. The number of nitrogens with zero attached hydrogens (tertiary/aromatic N) is 1. The average molecular weight is 318 g/mol. The van der Waals surface area contributed by atoms with Crippen molar-refractivity contribution in [3.05, 3.63) is 59.1 Å². The van der Waals surface area contributed by atoms with E-state index in [9.17, 15) is 4.21 Å². The number of aromatic nitrogens is 1. The van der Waals surface area contributed by atoms with Gasteiger partial charge in [0.1, 0.15) is 0 Å². The van der Waals surface area contributed by atoms with E-state index >= 15 is 0 Å². The zero-order chi connectivity index (χ0) is 15.0. The summed E-state index contributed by atoms with van der Waals surface area (Å²) < 4.78 is 20.3. The Bertz CT molecular complexity index is 847. The molecule has 21 heavy (non-hydrogen) atoms. The lowest BCUT2D eigenvalue weighted by Gasteiger charge is -2.07. The van der Waals surface area contributed by atoms with Gasteiger partial charge < -0.3 is 4.55 Å². The maximum atomic E-state index is 11.1. The first-order valence-electron chi connectivity index (χ1n) is 6.33. The summed E-state index contributed by atoms with van der Waals surface area (Å²) in [6.07, 6.45) is 0. The monoisotopic (exact) mass is 317 g/mol. The van der Waals surface area contributed by atoms with Crippen LogP contribution in [0.4, 0.5) is 0 Å². The van der Waals surface area contributed by atoms with E-state index in [2.05, 4.69) is 4.98 Å². The van der Waals surface area contributed by atoms with Crippen LogP contribution in [-0.2, 0) is 11.1 Å². The molecule has 0 fully saturated rings. The molecule has 3 aromatic rings. The molecule has 0 aliphatic carbocycles. The zero-order valence-corrected chi connectivity index (χ0v) is 12.8. The van der Waals surface area contributed by atoms with Gasteiger partial charge in [-0.1, -0.05) is 41.4 Å². The van der Waals surface area contributed by atoms with E-state index in [0.29, 0.717) is 20.8 Å². The van der Waals surface area contributed by atoms with Gasteiger partial charge >= 0.3 is 0 Å². The first kappa shape index (κ1) is 14.2. The second kappa shape index (κ2) is 5.56. The fraction of sp³-hybridized carbons (Fsp3) is 0.0625. The van der Waals surface area contributed by atoms with E-state index in [-0.39, 0.29) is 0 Å². The highest BCUT2D eigenvalue weighted by Gasteiger charge is 2.09. The van der Waals surface area contributed by atoms with Gasteiger partial charge in [0.2, 0.25) is 0 Å². The second-order valence-corrected chi connectivity index (χ2v) is 6.16. The third-order valence-electron chi connectivity index (χ3n) is 3.28. The highest BCUT2D eigenvalue weighted by Crippen LogP contribution is 2.29. The van der Waals surface area contributed by atoms with Crippen molar-refractivity contribution in [2.45, 2.75) is 11.8 Å². The van der Waals surface area contributed by atoms with Crippen molar-refractivity contribution in [1.29, 1.82) is 0 Å². The minimum absolute atomic E-state index is 0.314. The molecule has 0 radical (unpaired) electrons. The van der Waals surface area contributed by atoms with Crippen LogP contribution in [0.2, 0.25) is 5.02 Å². The average Bonchev–Trinajstić information content (AvgIpc) is 2.47. The maximum absolute atomic E-state index is 11.1. The summed E-state index contributed by atoms with van der Waals surface area (Å²) in [5, 5.41) is 1.19. The Balaban J connectivity index is 2.17. The Morgan fingerprint density at radius 1 is 1.10 bits per heavy atom. The number of fused-ring (bicyclic) bond motifs is 1. The van der Waals surface area contributed by atoms with Crippen LogP contribution in [0.5, 0.6) is 0 Å². The van der Waals surface area contributed by atoms with E-state index in [0.717, 1.165) is 11.3 Å². The smallest absolute Gasteiger partial charge is 0.186 e. The van der Waals surface area contributed by atoms with Gasteiger partial charge in [-0.15, -0.1) is 0 Å². The molecule has 0 spiro atoms. The van der Waals surface area contributed by atoms with Gasteiger partial charge in [0, 0.05) is 10.9 Å². The molecule has 1 aromatic heterocycles. The second-order valence-electron chi connectivity index (χ2n) is 4.78. The van der Waals surface area contributed by atoms with Crippen LogP contribution in [-0.4, -0.2) is 13.7 Å². The van der Waals surface area contributed by atoms with Crippen LogP contribution in [0.1, 0.15) is 5.56 Å². The SMILES string of the molecule is Cc1ccc(-c2cc(Cl)c3cc(S(=O)O)ccc3n2)cc1. The highest BCUT2D eigenvalue weighted by molar-refractivity contribution is 7.79. The van der Waals surface area contributed by atoms with E-state index < -0.39 is 11.1 Å². The number of hydrogen-bond donors (Lipinski definition) is 1. The molecule has 1 N–H and O–H groups in total. The predicted molar refractivity (Wildman–Crippen MR) is 86.0 cm³/mol. The van der Waals surface area contributed by atoms with E-state index in [1.807, 2.05) is 31.2 Å². The number of pyridine rings is 1. The van der Waals surface area contributed by atoms with Crippen LogP contribution in [0.15, 0.2) is 53.4 Å². The van der Waals surface area contributed by atoms with Gasteiger partial charge in [-0.05, 0) is 31.2 Å². The standard InChI is InChI=1S/C16H12ClNO2S/c1-10-2-4-11(5-3-10)16-9-14(17)13-8-12(21(19)20)6-7-15(13)18-16/h2-9H,1H3,(H,19,20). The fourth-order valence-electron chi connectivity index (χ4n) is 2.14. The minimum atomic E-state index is -2.02. The molecular formula is C16H12ClNO2S. The van der Waals surface area contributed by atoms with Crippen molar-refractivity contribution < 1.29 is 8.76 Å². The van der Waals surface area contributed by atoms with Crippen molar-refractivity contribution >= 4 is 33.6 Å². The normalized spacial score (nSPS) is 12.5. The lowest BCUT2D eigenvalue weighted by molar-refractivity contribution is 0.564. The molecule has 1 unspecified atom stereocenters. The molecule has 1 heterocycles. The summed E-state index contributed by atoms with van der Waals surface area (Å²) in [5.74, 6) is 0. The van der Waals surface area contributed by atoms with Crippen molar-refractivity contribution in [1.82, 2.24) is 4.98 Å². The molecule has 3 nitrogen and oxygen atoms in total. The van der Waals surface area contributed by atoms with Crippen molar-refractivity contribution in [3.8, 4) is 11.3 Å². The maximum Gasteiger partial charge on any atom is 0.186 e. The first-order valence-corrected chi connectivity index (χ1v) is 7.81. The van der Waals surface area contributed by atoms with Crippen molar-refractivity contribution in [2.75, 3.05) is 0 Å². The molecule has 0 saturated carbocycles. The predicted octanol–water partition coefficient (Wildman–Crippen LogP) is 4.44. The molecule has 2 aromatic carbocycles. The lowest BCUT2D eigenvalue weighted by Crippen LogP contribution is -1.91. The summed E-state index contributed by atoms with van der Waals surface area (Å²) >= 11 is 4.28. The molecule has 0 saturated heterocycles. The molecule has 5 heteroatoms. The summed E-state index contributed by atoms with van der Waals surface area (Å²) in [7, 11) is 0. The third kappa shape index (κ3) is 2.83. The van der Waals surface area contributed by atoms with Crippen LogP contribution in [0.3, 0.4) is 0 Å². The number of rotatable bonds is 2. The summed E-state index contributed by atoms with van der Waals surface area (Å²) in [4.78, 5) is 4.89. The molecule has 0 bridgehead atoms. The molecular weight excluding hydrogens is 306 g/mol. The zero-order valence-electron chi connectivity index (χ0n) is 11.2. The van der Waals surface area contributed by atoms with Gasteiger partial charge in [-0.2, -0.15) is 0 Å². The molecule has 0 aliphatic heterocycles. The van der Waals surface area contributed by atoms with Gasteiger partial charge in [0.25, 0.3) is 0 Å². The summed E-state index contributed by atoms with van der Waals surface area (Å²) in [5.41, 5.74) is 3.65. The molecule has 1 atom stereocenters. The highest BCUT2D eigenvalue weighted by atomic mass is 35.5. The van der Waals surface area contributed by atoms with Crippen molar-refractivity contribution in [3.63, 3.8) is 0 Å². The first-order chi connectivity index (χ1) is 10.0. The molecule has 106 valence electrons. The molecule has 3 rings (SSSR count). The Morgan fingerprint density at radius 3 is 2.48 bits per heavy atom. The van der Waals surface area contributed by atoms with Gasteiger partial charge in [-0.3, -0.25) is 0 Å². The minimum Gasteiger partial charge on any atom is -0.302 e. The van der Waals surface area contributed by atoms with Gasteiger partial charge in [-0.25, -0.2) is 9.19 Å². The molecule has 0 aliphatic rings. The largest absolute Gasteiger partial charge is 0.302 e. The summed E-state index contributed by atoms with van der Waals surface area (Å²) in [6.45, 7) is 2.03. The van der Waals surface area contributed by atoms with E-state index in [1.54, 1.807) is 24.3 Å². The summed E-state index contributed by atoms with van der Waals surface area (Å²) in [6, 6.07) is 14.7. The third-order valence-corrected chi connectivity index (χ3v) is 4.25. The molecule has 0 amide bonds.